The van der Waals surface area contributed by atoms with Crippen molar-refractivity contribution in [2.24, 2.45) is 5.92 Å². The van der Waals surface area contributed by atoms with Gasteiger partial charge in [0.25, 0.3) is 0 Å². The van der Waals surface area contributed by atoms with Gasteiger partial charge in [-0.25, -0.2) is 4.79 Å². The molecule has 0 saturated heterocycles. The highest BCUT2D eigenvalue weighted by atomic mass is 16.5. The molecule has 0 heterocycles. The molecule has 0 aromatic carbocycles. The number of hydrogen-bond donors (Lipinski definition) is 1. The van der Waals surface area contributed by atoms with E-state index in [1.165, 1.54) is 6.08 Å². The van der Waals surface area contributed by atoms with Gasteiger partial charge in [0, 0.05) is 12.7 Å². The van der Waals surface area contributed by atoms with Crippen molar-refractivity contribution in [3.05, 3.63) is 11.6 Å². The molecule has 0 aliphatic heterocycles. The lowest BCUT2D eigenvalue weighted by molar-refractivity contribution is -0.131. The first-order chi connectivity index (χ1) is 6.02. The maximum Gasteiger partial charge on any atom is 0.328 e. The van der Waals surface area contributed by atoms with Crippen LogP contribution in [0.15, 0.2) is 11.6 Å². The van der Waals surface area contributed by atoms with Crippen LogP contribution in [0, 0.1) is 5.92 Å². The minimum Gasteiger partial charge on any atom is -0.478 e. The Kier molecular flexibility index (Phi) is 6.24. The maximum absolute atomic E-state index is 10.2. The molecule has 0 saturated carbocycles. The fourth-order valence-electron chi connectivity index (χ4n) is 0.805. The molecule has 0 aliphatic carbocycles. The van der Waals surface area contributed by atoms with Gasteiger partial charge in [-0.1, -0.05) is 13.8 Å². The summed E-state index contributed by atoms with van der Waals surface area (Å²) in [5.41, 5.74) is 0.747. The average molecular weight is 186 g/mol. The largest absolute Gasteiger partial charge is 0.478 e. The molecule has 1 N–H and O–H groups in total. The first-order valence-corrected chi connectivity index (χ1v) is 4.50. The lowest BCUT2D eigenvalue weighted by atomic mass is 10.1. The van der Waals surface area contributed by atoms with Crippen LogP contribution in [0.3, 0.4) is 0 Å². The molecule has 3 nitrogen and oxygen atoms in total. The van der Waals surface area contributed by atoms with Gasteiger partial charge >= 0.3 is 5.97 Å². The van der Waals surface area contributed by atoms with Crippen LogP contribution in [0.2, 0.25) is 0 Å². The predicted octanol–water partition coefficient (Wildman–Crippen LogP) is 2.08. The van der Waals surface area contributed by atoms with Gasteiger partial charge in [0.15, 0.2) is 0 Å². The summed E-state index contributed by atoms with van der Waals surface area (Å²) in [7, 11) is 0. The van der Waals surface area contributed by atoms with Crippen molar-refractivity contribution >= 4 is 5.97 Å². The fourth-order valence-corrected chi connectivity index (χ4v) is 0.805. The van der Waals surface area contributed by atoms with Crippen LogP contribution in [-0.2, 0) is 9.53 Å². The van der Waals surface area contributed by atoms with Gasteiger partial charge < -0.3 is 9.84 Å². The van der Waals surface area contributed by atoms with Gasteiger partial charge in [0.1, 0.15) is 0 Å². The Morgan fingerprint density at radius 1 is 1.54 bits per heavy atom. The van der Waals surface area contributed by atoms with Crippen LogP contribution in [0.25, 0.3) is 0 Å². The third kappa shape index (κ3) is 9.08. The van der Waals surface area contributed by atoms with Crippen LogP contribution in [-0.4, -0.2) is 24.3 Å². The average Bonchev–Trinajstić information content (AvgIpc) is 1.96. The normalized spacial score (nSPS) is 12.2. The Bertz CT molecular complexity index is 183. The SMILES string of the molecule is CC(=CC(=O)O)COCCC(C)C. The Morgan fingerprint density at radius 2 is 2.15 bits per heavy atom. The molecular formula is C10H18O3. The number of ether oxygens (including phenoxy) is 1. The number of aliphatic carboxylic acids is 1. The van der Waals surface area contributed by atoms with Crippen molar-refractivity contribution < 1.29 is 14.6 Å². The molecule has 0 bridgehead atoms. The first-order valence-electron chi connectivity index (χ1n) is 4.50. The summed E-state index contributed by atoms with van der Waals surface area (Å²) in [5, 5.41) is 8.40. The Labute approximate surface area is 79.4 Å². The van der Waals surface area contributed by atoms with Gasteiger partial charge in [0.2, 0.25) is 0 Å². The molecule has 0 atom stereocenters. The molecule has 13 heavy (non-hydrogen) atoms. The van der Waals surface area contributed by atoms with Crippen molar-refractivity contribution in [3.8, 4) is 0 Å². The molecule has 0 aliphatic rings. The minimum atomic E-state index is -0.912. The second-order valence-corrected chi connectivity index (χ2v) is 3.56. The molecule has 0 radical (unpaired) electrons. The number of carbonyl (C=O) groups is 1. The predicted molar refractivity (Wildman–Crippen MR) is 51.7 cm³/mol. The van der Waals surface area contributed by atoms with Crippen molar-refractivity contribution in [2.75, 3.05) is 13.2 Å². The molecule has 0 rings (SSSR count). The lowest BCUT2D eigenvalue weighted by Gasteiger charge is -2.05. The van der Waals surface area contributed by atoms with E-state index in [0.29, 0.717) is 19.1 Å². The zero-order valence-electron chi connectivity index (χ0n) is 8.54. The van der Waals surface area contributed by atoms with Crippen LogP contribution < -0.4 is 0 Å². The van der Waals surface area contributed by atoms with Crippen LogP contribution in [0.1, 0.15) is 27.2 Å². The number of hydrogen-bond acceptors (Lipinski definition) is 2. The summed E-state index contributed by atoms with van der Waals surface area (Å²) in [5.74, 6) is -0.284. The summed E-state index contributed by atoms with van der Waals surface area (Å²) < 4.78 is 5.28. The van der Waals surface area contributed by atoms with E-state index in [2.05, 4.69) is 13.8 Å². The Hall–Kier alpha value is -0.830. The maximum atomic E-state index is 10.2. The number of carboxylic acids is 1. The van der Waals surface area contributed by atoms with Gasteiger partial charge in [-0.3, -0.25) is 0 Å². The molecular weight excluding hydrogens is 168 g/mol. The topological polar surface area (TPSA) is 46.5 Å². The molecule has 0 aromatic rings. The van der Waals surface area contributed by atoms with Crippen LogP contribution in [0.5, 0.6) is 0 Å². The molecule has 0 spiro atoms. The smallest absolute Gasteiger partial charge is 0.328 e. The van der Waals surface area contributed by atoms with Crippen molar-refractivity contribution in [3.63, 3.8) is 0 Å². The zero-order chi connectivity index (χ0) is 10.3. The highest BCUT2D eigenvalue weighted by Gasteiger charge is 1.96. The quantitative estimate of drug-likeness (QED) is 0.510. The summed E-state index contributed by atoms with van der Waals surface area (Å²) in [6, 6.07) is 0. The van der Waals surface area contributed by atoms with E-state index in [1.54, 1.807) is 6.92 Å². The molecule has 76 valence electrons. The fraction of sp³-hybridized carbons (Fsp3) is 0.700. The molecule has 0 amide bonds. The summed E-state index contributed by atoms with van der Waals surface area (Å²) >= 11 is 0. The molecule has 0 aromatic heterocycles. The minimum absolute atomic E-state index is 0.416. The first kappa shape index (κ1) is 12.2. The number of rotatable bonds is 6. The second-order valence-electron chi connectivity index (χ2n) is 3.56. The van der Waals surface area contributed by atoms with Crippen molar-refractivity contribution in [1.29, 1.82) is 0 Å². The Balaban J connectivity index is 3.48. The van der Waals surface area contributed by atoms with E-state index in [-0.39, 0.29) is 0 Å². The standard InChI is InChI=1S/C10H18O3/c1-8(2)4-5-13-7-9(3)6-10(11)12/h6,8H,4-5,7H2,1-3H3,(H,11,12). The summed E-state index contributed by atoms with van der Waals surface area (Å²) in [6.45, 7) is 7.12. The molecule has 3 heteroatoms. The van der Waals surface area contributed by atoms with E-state index in [0.717, 1.165) is 12.0 Å². The van der Waals surface area contributed by atoms with E-state index < -0.39 is 5.97 Å². The summed E-state index contributed by atoms with van der Waals surface area (Å²) in [4.78, 5) is 10.2. The van der Waals surface area contributed by atoms with Crippen molar-refractivity contribution in [1.82, 2.24) is 0 Å². The zero-order valence-corrected chi connectivity index (χ0v) is 8.54. The van der Waals surface area contributed by atoms with E-state index in [4.69, 9.17) is 9.84 Å². The third-order valence-corrected chi connectivity index (χ3v) is 1.54. The highest BCUT2D eigenvalue weighted by Crippen LogP contribution is 2.00. The lowest BCUT2D eigenvalue weighted by Crippen LogP contribution is -2.02. The second kappa shape index (κ2) is 6.66. The Morgan fingerprint density at radius 3 is 2.62 bits per heavy atom. The monoisotopic (exact) mass is 186 g/mol. The van der Waals surface area contributed by atoms with E-state index in [1.807, 2.05) is 0 Å². The van der Waals surface area contributed by atoms with E-state index in [9.17, 15) is 4.79 Å². The van der Waals surface area contributed by atoms with Crippen molar-refractivity contribution in [2.45, 2.75) is 27.2 Å². The van der Waals surface area contributed by atoms with Gasteiger partial charge in [-0.05, 0) is 24.8 Å². The van der Waals surface area contributed by atoms with Gasteiger partial charge in [-0.15, -0.1) is 0 Å². The van der Waals surface area contributed by atoms with Crippen LogP contribution in [0.4, 0.5) is 0 Å². The highest BCUT2D eigenvalue weighted by molar-refractivity contribution is 5.80. The van der Waals surface area contributed by atoms with Gasteiger partial charge in [-0.2, -0.15) is 0 Å². The van der Waals surface area contributed by atoms with E-state index >= 15 is 0 Å². The molecule has 0 fully saturated rings. The molecule has 0 unspecified atom stereocenters. The van der Waals surface area contributed by atoms with Crippen LogP contribution >= 0.6 is 0 Å². The third-order valence-electron chi connectivity index (χ3n) is 1.54. The van der Waals surface area contributed by atoms with Gasteiger partial charge in [0.05, 0.1) is 6.61 Å². The number of carboxylic acid groups (broad SMARTS) is 1. The summed E-state index contributed by atoms with van der Waals surface area (Å²) in [6.07, 6.45) is 2.19.